The van der Waals surface area contributed by atoms with E-state index < -0.39 is 11.4 Å². The number of rotatable bonds is 9. The zero-order chi connectivity index (χ0) is 29.0. The lowest BCUT2D eigenvalue weighted by Crippen LogP contribution is -2.45. The Morgan fingerprint density at radius 1 is 1.12 bits per heavy atom. The first-order valence-electron chi connectivity index (χ1n) is 13.5. The van der Waals surface area contributed by atoms with Gasteiger partial charge in [0.15, 0.2) is 5.13 Å². The van der Waals surface area contributed by atoms with E-state index in [1.54, 1.807) is 37.1 Å². The Labute approximate surface area is 242 Å². The highest BCUT2D eigenvalue weighted by atomic mass is 32.1. The highest BCUT2D eigenvalue weighted by Gasteiger charge is 2.42. The first-order chi connectivity index (χ1) is 19.9. The first kappa shape index (κ1) is 28.1. The van der Waals surface area contributed by atoms with Crippen LogP contribution in [0.2, 0.25) is 0 Å². The summed E-state index contributed by atoms with van der Waals surface area (Å²) in [7, 11) is 0. The minimum absolute atomic E-state index is 0.159. The summed E-state index contributed by atoms with van der Waals surface area (Å²) in [6.45, 7) is 9.57. The number of nitrogens with zero attached hydrogens (tertiary/aromatic N) is 7. The summed E-state index contributed by atoms with van der Waals surface area (Å²) < 4.78 is 6.25. The molecule has 41 heavy (non-hydrogen) atoms. The number of anilines is 2. The van der Waals surface area contributed by atoms with Crippen molar-refractivity contribution in [3.63, 3.8) is 0 Å². The number of ether oxygens (including phenoxy) is 1. The van der Waals surface area contributed by atoms with Crippen molar-refractivity contribution in [2.45, 2.75) is 33.1 Å². The van der Waals surface area contributed by atoms with Crippen LogP contribution in [0.3, 0.4) is 0 Å². The van der Waals surface area contributed by atoms with Gasteiger partial charge in [0.1, 0.15) is 0 Å². The molecule has 0 spiro atoms. The van der Waals surface area contributed by atoms with Crippen molar-refractivity contribution in [2.75, 3.05) is 36.0 Å². The van der Waals surface area contributed by atoms with Crippen molar-refractivity contribution in [2.24, 2.45) is 11.1 Å². The van der Waals surface area contributed by atoms with Crippen LogP contribution in [0, 0.1) is 5.41 Å². The minimum Gasteiger partial charge on any atom is -0.466 e. The molecule has 212 valence electrons. The van der Waals surface area contributed by atoms with Gasteiger partial charge in [0.25, 0.3) is 0 Å². The van der Waals surface area contributed by atoms with E-state index in [0.29, 0.717) is 67.8 Å². The normalized spacial score (nSPS) is 14.5. The van der Waals surface area contributed by atoms with Gasteiger partial charge in [0.05, 0.1) is 34.1 Å². The van der Waals surface area contributed by atoms with Crippen LogP contribution in [0.4, 0.5) is 15.9 Å². The Kier molecular flexibility index (Phi) is 8.20. The number of benzene rings is 1. The molecule has 2 N–H and O–H groups in total. The lowest BCUT2D eigenvalue weighted by atomic mass is 9.75. The second-order valence-corrected chi connectivity index (χ2v) is 10.8. The Bertz CT molecular complexity index is 1550. The van der Waals surface area contributed by atoms with Crippen molar-refractivity contribution in [3.05, 3.63) is 55.8 Å². The Balaban J connectivity index is 1.44. The average Bonchev–Trinajstić information content (AvgIpc) is 3.41. The highest BCUT2D eigenvalue weighted by Crippen LogP contribution is 2.40. The monoisotopic (exact) mass is 572 g/mol. The van der Waals surface area contributed by atoms with Crippen molar-refractivity contribution >= 4 is 44.6 Å². The van der Waals surface area contributed by atoms with E-state index in [9.17, 15) is 9.59 Å². The maximum absolute atomic E-state index is 12.7. The molecule has 0 saturated carbocycles. The van der Waals surface area contributed by atoms with E-state index in [4.69, 9.17) is 15.5 Å². The predicted octanol–water partition coefficient (Wildman–Crippen LogP) is 4.84. The van der Waals surface area contributed by atoms with Crippen molar-refractivity contribution < 1.29 is 14.3 Å². The summed E-state index contributed by atoms with van der Waals surface area (Å²) in [5.41, 5.74) is 8.94. The van der Waals surface area contributed by atoms with Crippen molar-refractivity contribution in [1.82, 2.24) is 24.9 Å². The Morgan fingerprint density at radius 3 is 2.49 bits per heavy atom. The van der Waals surface area contributed by atoms with Crippen LogP contribution in [0.1, 0.15) is 33.1 Å². The quantitative estimate of drug-likeness (QED) is 0.220. The molecule has 0 atom stereocenters. The van der Waals surface area contributed by atoms with Gasteiger partial charge in [-0.2, -0.15) is 0 Å². The summed E-state index contributed by atoms with van der Waals surface area (Å²) >= 11 is 1.38. The SMILES string of the molecule is C=CCC1(C(=O)OCC)CCN(c2ncc(-c3cc(-c4cnccn4)c4sc(N(CC)C(N)=O)nc4c3)cn2)CC1. The second-order valence-electron chi connectivity index (χ2n) is 9.79. The molecule has 4 aromatic rings. The molecule has 2 amide bonds. The third kappa shape index (κ3) is 5.60. The number of carbonyl (C=O) groups is 2. The van der Waals surface area contributed by atoms with Crippen LogP contribution < -0.4 is 15.5 Å². The number of esters is 1. The number of hydrogen-bond acceptors (Lipinski definition) is 10. The van der Waals surface area contributed by atoms with Gasteiger partial charge < -0.3 is 15.4 Å². The van der Waals surface area contributed by atoms with E-state index in [0.717, 1.165) is 21.4 Å². The molecule has 0 radical (unpaired) electrons. The predicted molar refractivity (Wildman–Crippen MR) is 160 cm³/mol. The number of aromatic nitrogens is 5. The Morgan fingerprint density at radius 2 is 1.88 bits per heavy atom. The third-order valence-corrected chi connectivity index (χ3v) is 8.48. The maximum Gasteiger partial charge on any atom is 0.321 e. The molecule has 3 aromatic heterocycles. The molecule has 1 fully saturated rings. The molecule has 11 nitrogen and oxygen atoms in total. The second kappa shape index (κ2) is 12.0. The van der Waals surface area contributed by atoms with Crippen molar-refractivity contribution in [1.29, 1.82) is 0 Å². The van der Waals surface area contributed by atoms with E-state index in [2.05, 4.69) is 31.4 Å². The van der Waals surface area contributed by atoms with Crippen LogP contribution >= 0.6 is 11.3 Å². The molecule has 1 aliphatic heterocycles. The molecule has 1 aromatic carbocycles. The molecule has 0 aliphatic carbocycles. The number of allylic oxidation sites excluding steroid dienone is 1. The summed E-state index contributed by atoms with van der Waals surface area (Å²) in [5.74, 6) is 0.448. The molecule has 1 aliphatic rings. The number of hydrogen-bond donors (Lipinski definition) is 1. The number of piperidine rings is 1. The molecule has 1 saturated heterocycles. The number of carbonyl (C=O) groups excluding carboxylic acids is 2. The number of amides is 2. The van der Waals surface area contributed by atoms with Crippen LogP contribution in [0.25, 0.3) is 32.6 Å². The fourth-order valence-electron chi connectivity index (χ4n) is 5.14. The fraction of sp³-hybridized carbons (Fsp3) is 0.345. The van der Waals surface area contributed by atoms with Crippen LogP contribution in [0.15, 0.2) is 55.8 Å². The zero-order valence-electron chi connectivity index (χ0n) is 23.1. The highest BCUT2D eigenvalue weighted by molar-refractivity contribution is 7.23. The molecule has 5 rings (SSSR count). The molecular weight excluding hydrogens is 540 g/mol. The topological polar surface area (TPSA) is 140 Å². The van der Waals surface area contributed by atoms with Gasteiger partial charge in [0.2, 0.25) is 5.95 Å². The zero-order valence-corrected chi connectivity index (χ0v) is 23.9. The number of urea groups is 1. The van der Waals surface area contributed by atoms with Gasteiger partial charge in [-0.05, 0) is 50.8 Å². The average molecular weight is 573 g/mol. The molecule has 0 bridgehead atoms. The van der Waals surface area contributed by atoms with Crippen LogP contribution in [-0.2, 0) is 9.53 Å². The number of thiazole rings is 1. The standard InChI is InChI=1S/C29H32N8O3S/c1-4-7-29(25(38)40-6-3)8-12-36(13-9-29)27-33-16-20(17-34-27)19-14-21(23-18-31-10-11-32-23)24-22(15-19)35-28(41-24)37(5-2)26(30)39/h4,10-11,14-18H,1,5-9,12-13H2,2-3H3,(H2,30,39). The van der Waals surface area contributed by atoms with E-state index in [1.165, 1.54) is 16.2 Å². The number of fused-ring (bicyclic) bond motifs is 1. The van der Waals surface area contributed by atoms with Crippen molar-refractivity contribution in [3.8, 4) is 22.4 Å². The largest absolute Gasteiger partial charge is 0.466 e. The van der Waals surface area contributed by atoms with Gasteiger partial charge in [-0.25, -0.2) is 19.7 Å². The van der Waals surface area contributed by atoms with Gasteiger partial charge >= 0.3 is 12.0 Å². The van der Waals surface area contributed by atoms with E-state index >= 15 is 0 Å². The smallest absolute Gasteiger partial charge is 0.321 e. The van der Waals surface area contributed by atoms with Gasteiger partial charge in [-0.15, -0.1) is 6.58 Å². The maximum atomic E-state index is 12.7. The molecule has 12 heteroatoms. The van der Waals surface area contributed by atoms with Gasteiger partial charge in [0, 0.05) is 55.5 Å². The summed E-state index contributed by atoms with van der Waals surface area (Å²) in [6.07, 6.45) is 12.2. The van der Waals surface area contributed by atoms with Gasteiger partial charge in [-0.1, -0.05) is 17.4 Å². The summed E-state index contributed by atoms with van der Waals surface area (Å²) in [6, 6.07) is 3.40. The summed E-state index contributed by atoms with van der Waals surface area (Å²) in [4.78, 5) is 51.0. The van der Waals surface area contributed by atoms with Gasteiger partial charge in [-0.3, -0.25) is 19.7 Å². The summed E-state index contributed by atoms with van der Waals surface area (Å²) in [5, 5.41) is 0.518. The lowest BCUT2D eigenvalue weighted by molar-refractivity contribution is -0.156. The molecule has 4 heterocycles. The Hall–Kier alpha value is -4.45. The third-order valence-electron chi connectivity index (χ3n) is 7.35. The molecule has 0 unspecified atom stereocenters. The molecular formula is C29H32N8O3S. The van der Waals surface area contributed by atoms with Crippen LogP contribution in [-0.4, -0.2) is 63.2 Å². The number of nitrogens with two attached hydrogens (primary N) is 1. The first-order valence-corrected chi connectivity index (χ1v) is 14.3. The van der Waals surface area contributed by atoms with E-state index in [1.807, 2.05) is 26.0 Å². The van der Waals surface area contributed by atoms with E-state index in [-0.39, 0.29) is 5.97 Å². The minimum atomic E-state index is -0.557. The van der Waals surface area contributed by atoms with Crippen LogP contribution in [0.5, 0.6) is 0 Å². The lowest BCUT2D eigenvalue weighted by Gasteiger charge is -2.39. The fourth-order valence-corrected chi connectivity index (χ4v) is 6.28. The number of primary amides is 1.